The van der Waals surface area contributed by atoms with Gasteiger partial charge >= 0.3 is 10.2 Å². The predicted octanol–water partition coefficient (Wildman–Crippen LogP) is 3.41. The third-order valence-electron chi connectivity index (χ3n) is 9.24. The summed E-state index contributed by atoms with van der Waals surface area (Å²) < 4.78 is 36.6. The molecule has 0 bridgehead atoms. The van der Waals surface area contributed by atoms with E-state index in [0.717, 1.165) is 47.4 Å². The van der Waals surface area contributed by atoms with E-state index < -0.39 is 33.7 Å². The molecule has 1 saturated heterocycles. The smallest absolute Gasteiger partial charge is 0.303 e. The molecule has 5 rings (SSSR count). The molecule has 0 aromatic carbocycles. The van der Waals surface area contributed by atoms with Gasteiger partial charge in [-0.25, -0.2) is 4.72 Å². The quantitative estimate of drug-likeness (QED) is 0.480. The van der Waals surface area contributed by atoms with Crippen molar-refractivity contribution in [2.75, 3.05) is 20.6 Å². The van der Waals surface area contributed by atoms with Crippen LogP contribution in [0.5, 0.6) is 6.01 Å². The number of ether oxygens (including phenoxy) is 1. The van der Waals surface area contributed by atoms with E-state index in [1.54, 1.807) is 17.3 Å². The van der Waals surface area contributed by atoms with E-state index in [-0.39, 0.29) is 49.0 Å². The summed E-state index contributed by atoms with van der Waals surface area (Å²) in [4.78, 5) is 51.9. The number of nitrogens with one attached hydrogen (secondary N) is 1. The topological polar surface area (TPSA) is 144 Å². The van der Waals surface area contributed by atoms with Crippen molar-refractivity contribution in [2.24, 2.45) is 17.3 Å². The van der Waals surface area contributed by atoms with Crippen molar-refractivity contribution < 1.29 is 27.5 Å². The highest BCUT2D eigenvalue weighted by atomic mass is 32.2. The number of nitrogens with zero attached hydrogens (tertiary/aromatic N) is 5. The van der Waals surface area contributed by atoms with Gasteiger partial charge in [-0.3, -0.25) is 23.9 Å². The Bertz CT molecular complexity index is 1550. The summed E-state index contributed by atoms with van der Waals surface area (Å²) in [5.41, 5.74) is 0.389. The average Bonchev–Trinajstić information content (AvgIpc) is 3.30. The zero-order valence-electron chi connectivity index (χ0n) is 26.2. The van der Waals surface area contributed by atoms with Crippen LogP contribution in [0.2, 0.25) is 0 Å². The molecule has 2 aliphatic heterocycles. The minimum absolute atomic E-state index is 0.0334. The Hall–Kier alpha value is -3.32. The summed E-state index contributed by atoms with van der Waals surface area (Å²) >= 11 is 0. The van der Waals surface area contributed by atoms with Crippen molar-refractivity contribution in [3.8, 4) is 6.01 Å². The van der Waals surface area contributed by atoms with Crippen LogP contribution in [0.1, 0.15) is 78.2 Å². The van der Waals surface area contributed by atoms with Crippen molar-refractivity contribution in [1.29, 1.82) is 0 Å². The third kappa shape index (κ3) is 6.39. The van der Waals surface area contributed by atoms with Crippen LogP contribution in [0, 0.1) is 17.3 Å². The number of ketones is 1. The lowest BCUT2D eigenvalue weighted by Crippen LogP contribution is -2.47. The number of hydrogen-bond donors (Lipinski definition) is 1. The lowest BCUT2D eigenvalue weighted by Gasteiger charge is -2.27. The number of aromatic nitrogens is 3. The highest BCUT2D eigenvalue weighted by Crippen LogP contribution is 2.57. The molecule has 2 aromatic rings. The fraction of sp³-hybridized carbons (Fsp3) is 0.645. The molecule has 1 N–H and O–H groups in total. The highest BCUT2D eigenvalue weighted by Gasteiger charge is 2.61. The molecule has 2 amide bonds. The zero-order chi connectivity index (χ0) is 31.8. The Morgan fingerprint density at radius 2 is 1.98 bits per heavy atom. The molecule has 2 aromatic heterocycles. The Morgan fingerprint density at radius 3 is 2.70 bits per heavy atom. The van der Waals surface area contributed by atoms with Crippen molar-refractivity contribution in [2.45, 2.75) is 90.3 Å². The van der Waals surface area contributed by atoms with Crippen LogP contribution in [0.4, 0.5) is 0 Å². The lowest BCUT2D eigenvalue weighted by atomic mass is 9.91. The molecule has 3 aliphatic rings. The number of carbonyl (C=O) groups excluding carboxylic acids is 3. The van der Waals surface area contributed by atoms with E-state index >= 15 is 0 Å². The van der Waals surface area contributed by atoms with Crippen molar-refractivity contribution in [1.82, 2.24) is 28.5 Å². The van der Waals surface area contributed by atoms with Gasteiger partial charge in [-0.1, -0.05) is 31.9 Å². The fourth-order valence-corrected chi connectivity index (χ4v) is 7.13. The summed E-state index contributed by atoms with van der Waals surface area (Å²) in [7, 11) is -1.36. The summed E-state index contributed by atoms with van der Waals surface area (Å²) in [6.45, 7) is 6.17. The maximum atomic E-state index is 14.1. The average molecular weight is 629 g/mol. The molecule has 0 radical (unpaired) electrons. The molecule has 1 saturated carbocycles. The summed E-state index contributed by atoms with van der Waals surface area (Å²) in [5, 5.41) is 0. The molecule has 240 valence electrons. The number of Topliss-reactive ketones (excluding diaryl/α,β-unsaturated/α-hetero) is 1. The fourth-order valence-electron chi connectivity index (χ4n) is 6.51. The maximum absolute atomic E-state index is 14.1. The van der Waals surface area contributed by atoms with Crippen LogP contribution in [0.15, 0.2) is 30.6 Å². The number of carbonyl (C=O) groups is 3. The Kier molecular flexibility index (Phi) is 9.18. The zero-order valence-corrected chi connectivity index (χ0v) is 27.0. The van der Waals surface area contributed by atoms with Gasteiger partial charge in [-0.15, -0.1) is 0 Å². The molecule has 2 fully saturated rings. The first-order valence-electron chi connectivity index (χ1n) is 15.6. The third-order valence-corrected chi connectivity index (χ3v) is 10.6. The second-order valence-corrected chi connectivity index (χ2v) is 14.9. The van der Waals surface area contributed by atoms with Gasteiger partial charge in [-0.2, -0.15) is 17.7 Å². The first-order valence-corrected chi connectivity index (χ1v) is 17.0. The second kappa shape index (κ2) is 12.6. The number of allylic oxidation sites excluding steroid dienone is 2. The number of amides is 2. The van der Waals surface area contributed by atoms with Crippen LogP contribution in [0.3, 0.4) is 0 Å². The molecule has 4 heterocycles. The Balaban J connectivity index is 1.44. The first kappa shape index (κ1) is 32.1. The molecule has 12 nitrogen and oxygen atoms in total. The monoisotopic (exact) mass is 628 g/mol. The van der Waals surface area contributed by atoms with E-state index in [0.29, 0.717) is 12.4 Å². The van der Waals surface area contributed by atoms with E-state index in [9.17, 15) is 22.8 Å². The molecule has 44 heavy (non-hydrogen) atoms. The molecular weight excluding hydrogens is 584 g/mol. The van der Waals surface area contributed by atoms with Crippen LogP contribution in [0.25, 0.3) is 11.0 Å². The van der Waals surface area contributed by atoms with Gasteiger partial charge in [0.15, 0.2) is 5.78 Å². The van der Waals surface area contributed by atoms with Gasteiger partial charge < -0.3 is 9.64 Å². The van der Waals surface area contributed by atoms with Crippen molar-refractivity contribution in [3.63, 3.8) is 0 Å². The Morgan fingerprint density at radius 1 is 1.20 bits per heavy atom. The van der Waals surface area contributed by atoms with Gasteiger partial charge in [-0.05, 0) is 51.5 Å². The standard InChI is InChI=1S/C31H44N6O6S/c1-20(2)37-26-18-32-14-13-24(26)33-30(37)43-23-15-25-27(38)17-31(29(40)34-44(41,42)35(4)5)16-22(31)12-10-8-6-7-9-11-21(3)28(39)36(25)19-23/h10,12-14,18,20-23,25H,6-9,11,15-17,19H2,1-5H3,(H,34,40)/b12-10-/t21-,22+,23+,25-,31+/m0/s1. The summed E-state index contributed by atoms with van der Waals surface area (Å²) in [5.74, 6) is -1.58. The lowest BCUT2D eigenvalue weighted by molar-refractivity contribution is -0.141. The van der Waals surface area contributed by atoms with E-state index in [4.69, 9.17) is 4.74 Å². The highest BCUT2D eigenvalue weighted by molar-refractivity contribution is 7.87. The van der Waals surface area contributed by atoms with E-state index in [1.807, 2.05) is 43.6 Å². The van der Waals surface area contributed by atoms with Gasteiger partial charge in [0.25, 0.3) is 6.01 Å². The number of hydrogen-bond acceptors (Lipinski definition) is 8. The maximum Gasteiger partial charge on any atom is 0.303 e. The number of fused-ring (bicyclic) bond motifs is 3. The van der Waals surface area contributed by atoms with Crippen molar-refractivity contribution >= 4 is 38.8 Å². The van der Waals surface area contributed by atoms with E-state index in [1.165, 1.54) is 14.1 Å². The van der Waals surface area contributed by atoms with Gasteiger partial charge in [0.1, 0.15) is 6.10 Å². The molecule has 0 unspecified atom stereocenters. The van der Waals surface area contributed by atoms with Gasteiger partial charge in [0.2, 0.25) is 11.8 Å². The van der Waals surface area contributed by atoms with Crippen LogP contribution in [-0.2, 0) is 24.6 Å². The molecule has 0 spiro atoms. The summed E-state index contributed by atoms with van der Waals surface area (Å²) in [6, 6.07) is 1.46. The minimum atomic E-state index is -4.04. The number of pyridine rings is 1. The number of rotatable bonds is 6. The molecule has 1 aliphatic carbocycles. The largest absolute Gasteiger partial charge is 0.459 e. The van der Waals surface area contributed by atoms with E-state index in [2.05, 4.69) is 14.7 Å². The SMILES string of the molecule is CC(C)n1c(O[C@@H]2C[C@H]3C(=O)C[C@]4(C(=O)NS(=O)(=O)N(C)C)C[C@H]4/C=C\CCCCC[C@H](C)C(=O)N3C2)nc2ccncc21. The predicted molar refractivity (Wildman–Crippen MR) is 165 cm³/mol. The van der Waals surface area contributed by atoms with Crippen LogP contribution in [-0.4, -0.2) is 82.5 Å². The second-order valence-electron chi connectivity index (χ2n) is 13.0. The van der Waals surface area contributed by atoms with Crippen LogP contribution < -0.4 is 9.46 Å². The minimum Gasteiger partial charge on any atom is -0.459 e. The molecular formula is C31H44N6O6S. The molecule has 13 heteroatoms. The van der Waals surface area contributed by atoms with Gasteiger partial charge in [0.05, 0.1) is 35.2 Å². The van der Waals surface area contributed by atoms with Crippen molar-refractivity contribution in [3.05, 3.63) is 30.6 Å². The Labute approximate surface area is 259 Å². The summed E-state index contributed by atoms with van der Waals surface area (Å²) in [6.07, 6.45) is 11.7. The number of imidazole rings is 1. The van der Waals surface area contributed by atoms with Gasteiger partial charge in [0, 0.05) is 45.1 Å². The first-order chi connectivity index (χ1) is 20.8. The normalized spacial score (nSPS) is 29.2. The van der Waals surface area contributed by atoms with Crippen LogP contribution >= 0.6 is 0 Å². The molecule has 5 atom stereocenters.